The van der Waals surface area contributed by atoms with E-state index in [1.54, 1.807) is 12.1 Å². The maximum Gasteiger partial charge on any atom is 0.337 e. The van der Waals surface area contributed by atoms with Crippen LogP contribution in [0.25, 0.3) is 5.69 Å². The highest BCUT2D eigenvalue weighted by Crippen LogP contribution is 2.19. The van der Waals surface area contributed by atoms with Crippen LogP contribution in [-0.4, -0.2) is 29.9 Å². The number of hydrogen-bond donors (Lipinski definition) is 1. The molecule has 5 heteroatoms. The average Bonchev–Trinajstić information content (AvgIpc) is 2.75. The lowest BCUT2D eigenvalue weighted by atomic mass is 10.2. The molecule has 0 aliphatic heterocycles. The van der Waals surface area contributed by atoms with Crippen molar-refractivity contribution in [2.24, 2.45) is 0 Å². The molecule has 0 bridgehead atoms. The molecule has 0 radical (unpaired) electrons. The molecule has 0 unspecified atom stereocenters. The van der Waals surface area contributed by atoms with Crippen LogP contribution in [0.4, 0.5) is 0 Å². The van der Waals surface area contributed by atoms with Crippen molar-refractivity contribution in [2.45, 2.75) is 20.4 Å². The minimum atomic E-state index is -0.344. The molecule has 0 fully saturated rings. The van der Waals surface area contributed by atoms with Crippen molar-refractivity contribution >= 4 is 5.97 Å². The first-order valence-electron chi connectivity index (χ1n) is 6.47. The number of carbonyl (C=O) groups is 1. The summed E-state index contributed by atoms with van der Waals surface area (Å²) >= 11 is 0. The first-order valence-corrected chi connectivity index (χ1v) is 6.47. The Labute approximate surface area is 118 Å². The van der Waals surface area contributed by atoms with E-state index >= 15 is 0 Å². The molecule has 0 amide bonds. The van der Waals surface area contributed by atoms with Crippen LogP contribution in [0.5, 0.6) is 0 Å². The Hall–Kier alpha value is -2.14. The van der Waals surface area contributed by atoms with Gasteiger partial charge >= 0.3 is 5.97 Å². The number of nitrogens with one attached hydrogen (secondary N) is 1. The Morgan fingerprint density at radius 1 is 1.40 bits per heavy atom. The third-order valence-electron chi connectivity index (χ3n) is 3.31. The zero-order valence-electron chi connectivity index (χ0n) is 12.2. The molecule has 0 saturated heterocycles. The summed E-state index contributed by atoms with van der Waals surface area (Å²) < 4.78 is 6.60. The predicted molar refractivity (Wildman–Crippen MR) is 77.1 cm³/mol. The summed E-state index contributed by atoms with van der Waals surface area (Å²) in [6.45, 7) is 4.78. The van der Waals surface area contributed by atoms with E-state index in [1.807, 2.05) is 37.7 Å². The molecule has 0 aliphatic rings. The topological polar surface area (TPSA) is 56.2 Å². The van der Waals surface area contributed by atoms with Gasteiger partial charge in [0.1, 0.15) is 0 Å². The molecule has 2 aromatic rings. The first-order chi connectivity index (χ1) is 9.58. The standard InChI is InChI=1S/C15H19N3O2/c1-10-14(9-16-3)11(2)18(17-10)13-7-5-6-12(8-13)15(19)20-4/h5-8,16H,9H2,1-4H3. The maximum atomic E-state index is 11.6. The number of aromatic nitrogens is 2. The number of nitrogens with zero attached hydrogens (tertiary/aromatic N) is 2. The minimum Gasteiger partial charge on any atom is -0.465 e. The van der Waals surface area contributed by atoms with Gasteiger partial charge in [-0.2, -0.15) is 5.10 Å². The molecule has 0 saturated carbocycles. The van der Waals surface area contributed by atoms with E-state index < -0.39 is 0 Å². The highest BCUT2D eigenvalue weighted by atomic mass is 16.5. The van der Waals surface area contributed by atoms with Gasteiger partial charge in [0, 0.05) is 17.8 Å². The third kappa shape index (κ3) is 2.58. The van der Waals surface area contributed by atoms with Gasteiger partial charge in [0.2, 0.25) is 0 Å². The van der Waals surface area contributed by atoms with Crippen molar-refractivity contribution in [3.8, 4) is 5.69 Å². The maximum absolute atomic E-state index is 11.6. The lowest BCUT2D eigenvalue weighted by Gasteiger charge is -2.07. The van der Waals surface area contributed by atoms with Gasteiger partial charge in [-0.15, -0.1) is 0 Å². The second-order valence-electron chi connectivity index (χ2n) is 4.63. The van der Waals surface area contributed by atoms with Gasteiger partial charge in [-0.3, -0.25) is 0 Å². The zero-order valence-corrected chi connectivity index (χ0v) is 12.2. The number of benzene rings is 1. The number of methoxy groups -OCH3 is 1. The Morgan fingerprint density at radius 2 is 2.15 bits per heavy atom. The smallest absolute Gasteiger partial charge is 0.337 e. The van der Waals surface area contributed by atoms with E-state index in [0.29, 0.717) is 5.56 Å². The quantitative estimate of drug-likeness (QED) is 0.866. The lowest BCUT2D eigenvalue weighted by Crippen LogP contribution is -2.08. The van der Waals surface area contributed by atoms with Crippen LogP contribution in [0.2, 0.25) is 0 Å². The number of esters is 1. The van der Waals surface area contributed by atoms with Crippen molar-refractivity contribution in [3.05, 3.63) is 46.8 Å². The summed E-state index contributed by atoms with van der Waals surface area (Å²) in [5.41, 5.74) is 4.61. The summed E-state index contributed by atoms with van der Waals surface area (Å²) in [5.74, 6) is -0.344. The number of aryl methyl sites for hydroxylation is 1. The van der Waals surface area contributed by atoms with Crippen LogP contribution >= 0.6 is 0 Å². The fourth-order valence-corrected chi connectivity index (χ4v) is 2.24. The second kappa shape index (κ2) is 5.88. The molecule has 2 rings (SSSR count). The third-order valence-corrected chi connectivity index (χ3v) is 3.31. The van der Waals surface area contributed by atoms with E-state index in [9.17, 15) is 4.79 Å². The highest BCUT2D eigenvalue weighted by molar-refractivity contribution is 5.89. The van der Waals surface area contributed by atoms with E-state index in [4.69, 9.17) is 4.74 Å². The largest absolute Gasteiger partial charge is 0.465 e. The fraction of sp³-hybridized carbons (Fsp3) is 0.333. The molecule has 106 valence electrons. The first kappa shape index (κ1) is 14.3. The molecule has 1 aromatic heterocycles. The van der Waals surface area contributed by atoms with E-state index in [-0.39, 0.29) is 5.97 Å². The SMILES string of the molecule is CNCc1c(C)nn(-c2cccc(C(=O)OC)c2)c1C. The molecule has 1 N–H and O–H groups in total. The molecule has 20 heavy (non-hydrogen) atoms. The van der Waals surface area contributed by atoms with E-state index in [2.05, 4.69) is 10.4 Å². The van der Waals surface area contributed by atoms with Crippen LogP contribution in [0.3, 0.4) is 0 Å². The van der Waals surface area contributed by atoms with E-state index in [0.717, 1.165) is 23.6 Å². The average molecular weight is 273 g/mol. The molecule has 5 nitrogen and oxygen atoms in total. The molecule has 0 aliphatic carbocycles. The summed E-state index contributed by atoms with van der Waals surface area (Å²) in [7, 11) is 3.29. The number of carbonyl (C=O) groups excluding carboxylic acids is 1. The molecule has 0 atom stereocenters. The summed E-state index contributed by atoms with van der Waals surface area (Å²) in [6.07, 6.45) is 0. The molecule has 1 aromatic carbocycles. The van der Waals surface area contributed by atoms with Gasteiger partial charge < -0.3 is 10.1 Å². The number of rotatable bonds is 4. The minimum absolute atomic E-state index is 0.344. The van der Waals surface area contributed by atoms with Gasteiger partial charge in [0.15, 0.2) is 0 Å². The van der Waals surface area contributed by atoms with Crippen molar-refractivity contribution < 1.29 is 9.53 Å². The normalized spacial score (nSPS) is 10.6. The number of hydrogen-bond acceptors (Lipinski definition) is 4. The highest BCUT2D eigenvalue weighted by Gasteiger charge is 2.13. The van der Waals surface area contributed by atoms with Crippen LogP contribution in [0, 0.1) is 13.8 Å². The molecular weight excluding hydrogens is 254 g/mol. The van der Waals surface area contributed by atoms with Gasteiger partial charge in [-0.1, -0.05) is 6.07 Å². The molecule has 1 heterocycles. The van der Waals surface area contributed by atoms with Crippen molar-refractivity contribution in [2.75, 3.05) is 14.2 Å². The lowest BCUT2D eigenvalue weighted by molar-refractivity contribution is 0.0600. The van der Waals surface area contributed by atoms with Crippen molar-refractivity contribution in [3.63, 3.8) is 0 Å². The second-order valence-corrected chi connectivity index (χ2v) is 4.63. The van der Waals surface area contributed by atoms with Gasteiger partial charge in [0.05, 0.1) is 24.1 Å². The predicted octanol–water partition coefficient (Wildman–Crippen LogP) is 2.00. The fourth-order valence-electron chi connectivity index (χ4n) is 2.24. The Kier molecular flexibility index (Phi) is 4.20. The molecule has 0 spiro atoms. The van der Waals surface area contributed by atoms with Crippen LogP contribution in [-0.2, 0) is 11.3 Å². The zero-order chi connectivity index (χ0) is 14.7. The van der Waals surface area contributed by atoms with Gasteiger partial charge in [0.25, 0.3) is 0 Å². The van der Waals surface area contributed by atoms with Crippen LogP contribution in [0.15, 0.2) is 24.3 Å². The Morgan fingerprint density at radius 3 is 2.80 bits per heavy atom. The Bertz CT molecular complexity index is 632. The number of ether oxygens (including phenoxy) is 1. The van der Waals surface area contributed by atoms with Gasteiger partial charge in [-0.05, 0) is 39.1 Å². The summed E-state index contributed by atoms with van der Waals surface area (Å²) in [4.78, 5) is 11.6. The molecular formula is C15H19N3O2. The Balaban J connectivity index is 2.47. The van der Waals surface area contributed by atoms with Crippen LogP contribution < -0.4 is 5.32 Å². The summed E-state index contributed by atoms with van der Waals surface area (Å²) in [6, 6.07) is 7.27. The van der Waals surface area contributed by atoms with Crippen LogP contribution in [0.1, 0.15) is 27.3 Å². The van der Waals surface area contributed by atoms with Crippen molar-refractivity contribution in [1.29, 1.82) is 0 Å². The van der Waals surface area contributed by atoms with Crippen molar-refractivity contribution in [1.82, 2.24) is 15.1 Å². The monoisotopic (exact) mass is 273 g/mol. The van der Waals surface area contributed by atoms with Gasteiger partial charge in [-0.25, -0.2) is 9.48 Å². The van der Waals surface area contributed by atoms with E-state index in [1.165, 1.54) is 12.7 Å². The summed E-state index contributed by atoms with van der Waals surface area (Å²) in [5, 5.41) is 7.69.